The van der Waals surface area contributed by atoms with Crippen LogP contribution in [0.3, 0.4) is 0 Å². The lowest BCUT2D eigenvalue weighted by molar-refractivity contribution is -0.140. The number of hydrogen-bond donors (Lipinski definition) is 2. The third-order valence-corrected chi connectivity index (χ3v) is 3.88. The summed E-state index contributed by atoms with van der Waals surface area (Å²) >= 11 is 0. The molecule has 2 rings (SSSR count). The molecule has 0 aromatic heterocycles. The van der Waals surface area contributed by atoms with Crippen molar-refractivity contribution in [3.8, 4) is 0 Å². The molecule has 1 aromatic rings. The first-order chi connectivity index (χ1) is 10.3. The van der Waals surface area contributed by atoms with E-state index in [1.54, 1.807) is 6.07 Å². The Hall–Kier alpha value is -1.76. The number of alkyl halides is 3. The Kier molecular flexibility index (Phi) is 4.95. The number of carboxylic acids is 1. The van der Waals surface area contributed by atoms with E-state index in [1.807, 2.05) is 4.90 Å². The van der Waals surface area contributed by atoms with E-state index >= 15 is 0 Å². The fourth-order valence-corrected chi connectivity index (χ4v) is 2.68. The number of rotatable bonds is 4. The van der Waals surface area contributed by atoms with E-state index in [4.69, 9.17) is 10.8 Å². The molecule has 3 N–H and O–H groups in total. The number of benzene rings is 1. The molecular weight excluding hydrogens is 297 g/mol. The van der Waals surface area contributed by atoms with Gasteiger partial charge in [-0.15, -0.1) is 0 Å². The van der Waals surface area contributed by atoms with Crippen LogP contribution in [0.1, 0.15) is 30.4 Å². The molecule has 122 valence electrons. The third kappa shape index (κ3) is 3.91. The van der Waals surface area contributed by atoms with E-state index in [-0.39, 0.29) is 12.0 Å². The average Bonchev–Trinajstić information content (AvgIpc) is 2.47. The van der Waals surface area contributed by atoms with Crippen LogP contribution in [0.2, 0.25) is 0 Å². The number of nitrogens with zero attached hydrogens (tertiary/aromatic N) is 1. The largest absolute Gasteiger partial charge is 0.480 e. The summed E-state index contributed by atoms with van der Waals surface area (Å²) in [6, 6.07) is 2.72. The molecule has 1 atom stereocenters. The van der Waals surface area contributed by atoms with Crippen LogP contribution >= 0.6 is 0 Å². The molecule has 1 heterocycles. The molecule has 4 nitrogen and oxygen atoms in total. The van der Waals surface area contributed by atoms with Gasteiger partial charge in [-0.05, 0) is 43.4 Å². The lowest BCUT2D eigenvalue weighted by atomic mass is 9.98. The monoisotopic (exact) mass is 316 g/mol. The molecule has 1 aliphatic heterocycles. The van der Waals surface area contributed by atoms with Crippen molar-refractivity contribution in [2.24, 2.45) is 5.73 Å². The molecule has 0 saturated carbocycles. The summed E-state index contributed by atoms with van der Waals surface area (Å²) < 4.78 is 39.7. The van der Waals surface area contributed by atoms with Crippen molar-refractivity contribution in [1.29, 1.82) is 0 Å². The molecule has 1 aliphatic rings. The number of carbonyl (C=O) groups is 1. The topological polar surface area (TPSA) is 66.6 Å². The highest BCUT2D eigenvalue weighted by Gasteiger charge is 2.34. The summed E-state index contributed by atoms with van der Waals surface area (Å²) in [5.74, 6) is -1.31. The fourth-order valence-electron chi connectivity index (χ4n) is 2.68. The first-order valence-electron chi connectivity index (χ1n) is 7.22. The van der Waals surface area contributed by atoms with Gasteiger partial charge < -0.3 is 15.7 Å². The van der Waals surface area contributed by atoms with E-state index in [1.165, 1.54) is 6.07 Å². The van der Waals surface area contributed by atoms with Gasteiger partial charge in [0.1, 0.15) is 6.04 Å². The first-order valence-corrected chi connectivity index (χ1v) is 7.22. The van der Waals surface area contributed by atoms with Gasteiger partial charge in [-0.3, -0.25) is 4.79 Å². The SMILES string of the molecule is NC(Cc1ccc(N2CCCCC2)cc1C(F)(F)F)C(=O)O. The number of halogens is 3. The molecule has 1 aromatic carbocycles. The normalized spacial score (nSPS) is 17.4. The van der Waals surface area contributed by atoms with Gasteiger partial charge in [0.2, 0.25) is 0 Å². The maximum absolute atomic E-state index is 13.2. The summed E-state index contributed by atoms with van der Waals surface area (Å²) in [6.07, 6.45) is -1.85. The van der Waals surface area contributed by atoms with Crippen LogP contribution in [0, 0.1) is 0 Å². The minimum atomic E-state index is -4.53. The Morgan fingerprint density at radius 1 is 1.27 bits per heavy atom. The summed E-state index contributed by atoms with van der Waals surface area (Å²) in [5.41, 5.74) is 5.01. The zero-order chi connectivity index (χ0) is 16.3. The Morgan fingerprint density at radius 2 is 1.91 bits per heavy atom. The van der Waals surface area contributed by atoms with Crippen LogP contribution in [-0.2, 0) is 17.4 Å². The van der Waals surface area contributed by atoms with Crippen LogP contribution in [0.15, 0.2) is 18.2 Å². The number of anilines is 1. The average molecular weight is 316 g/mol. The Morgan fingerprint density at radius 3 is 2.45 bits per heavy atom. The molecule has 7 heteroatoms. The molecule has 1 fully saturated rings. The minimum Gasteiger partial charge on any atom is -0.480 e. The highest BCUT2D eigenvalue weighted by molar-refractivity contribution is 5.73. The number of aliphatic carboxylic acids is 1. The second-order valence-corrected chi connectivity index (χ2v) is 5.54. The standard InChI is InChI=1S/C15H19F3N2O2/c16-15(17,18)12-9-11(20-6-2-1-3-7-20)5-4-10(12)8-13(19)14(21)22/h4-5,9,13H,1-3,6-8,19H2,(H,21,22). The number of piperidine rings is 1. The first kappa shape index (κ1) is 16.6. The maximum atomic E-state index is 13.2. The number of hydrogen-bond acceptors (Lipinski definition) is 3. The van der Waals surface area contributed by atoms with E-state index in [9.17, 15) is 18.0 Å². The molecule has 1 unspecified atom stereocenters. The van der Waals surface area contributed by atoms with E-state index in [0.29, 0.717) is 5.69 Å². The zero-order valence-electron chi connectivity index (χ0n) is 12.1. The van der Waals surface area contributed by atoms with Crippen molar-refractivity contribution >= 4 is 11.7 Å². The van der Waals surface area contributed by atoms with Crippen molar-refractivity contribution in [2.75, 3.05) is 18.0 Å². The molecule has 22 heavy (non-hydrogen) atoms. The van der Waals surface area contributed by atoms with Gasteiger partial charge in [0, 0.05) is 18.8 Å². The van der Waals surface area contributed by atoms with Crippen LogP contribution in [0.25, 0.3) is 0 Å². The van der Waals surface area contributed by atoms with Crippen LogP contribution in [0.5, 0.6) is 0 Å². The van der Waals surface area contributed by atoms with Crippen molar-refractivity contribution < 1.29 is 23.1 Å². The summed E-state index contributed by atoms with van der Waals surface area (Å²) in [6.45, 7) is 1.48. The summed E-state index contributed by atoms with van der Waals surface area (Å²) in [5, 5.41) is 8.78. The fraction of sp³-hybridized carbons (Fsp3) is 0.533. The zero-order valence-corrected chi connectivity index (χ0v) is 12.1. The van der Waals surface area contributed by atoms with Crippen LogP contribution in [0.4, 0.5) is 18.9 Å². The van der Waals surface area contributed by atoms with E-state index in [0.717, 1.165) is 38.4 Å². The summed E-state index contributed by atoms with van der Waals surface area (Å²) in [4.78, 5) is 12.7. The Labute approximate surface area is 126 Å². The number of nitrogens with two attached hydrogens (primary N) is 1. The van der Waals surface area contributed by atoms with Crippen molar-refractivity contribution in [3.63, 3.8) is 0 Å². The molecular formula is C15H19F3N2O2. The van der Waals surface area contributed by atoms with Gasteiger partial charge in [-0.1, -0.05) is 6.07 Å². The maximum Gasteiger partial charge on any atom is 0.416 e. The van der Waals surface area contributed by atoms with Crippen molar-refractivity contribution in [1.82, 2.24) is 0 Å². The molecule has 0 aliphatic carbocycles. The van der Waals surface area contributed by atoms with Gasteiger partial charge in [0.15, 0.2) is 0 Å². The van der Waals surface area contributed by atoms with Crippen molar-refractivity contribution in [2.45, 2.75) is 37.9 Å². The van der Waals surface area contributed by atoms with Crippen LogP contribution < -0.4 is 10.6 Å². The molecule has 1 saturated heterocycles. The van der Waals surface area contributed by atoms with Gasteiger partial charge in [-0.25, -0.2) is 0 Å². The molecule has 0 bridgehead atoms. The van der Waals surface area contributed by atoms with Gasteiger partial charge in [0.25, 0.3) is 0 Å². The van der Waals surface area contributed by atoms with E-state index in [2.05, 4.69) is 0 Å². The molecule has 0 amide bonds. The molecule has 0 spiro atoms. The second kappa shape index (κ2) is 6.56. The minimum absolute atomic E-state index is 0.0804. The van der Waals surface area contributed by atoms with E-state index < -0.39 is 23.8 Å². The predicted molar refractivity (Wildman–Crippen MR) is 76.8 cm³/mol. The lowest BCUT2D eigenvalue weighted by Crippen LogP contribution is -2.33. The predicted octanol–water partition coefficient (Wildman–Crippen LogP) is 2.65. The smallest absolute Gasteiger partial charge is 0.416 e. The van der Waals surface area contributed by atoms with Gasteiger partial charge in [-0.2, -0.15) is 13.2 Å². The third-order valence-electron chi connectivity index (χ3n) is 3.88. The highest BCUT2D eigenvalue weighted by Crippen LogP contribution is 2.35. The number of carboxylic acid groups (broad SMARTS) is 1. The second-order valence-electron chi connectivity index (χ2n) is 5.54. The Bertz CT molecular complexity index is 540. The molecule has 0 radical (unpaired) electrons. The lowest BCUT2D eigenvalue weighted by Gasteiger charge is -2.30. The quantitative estimate of drug-likeness (QED) is 0.896. The van der Waals surface area contributed by atoms with Gasteiger partial charge >= 0.3 is 12.1 Å². The Balaban J connectivity index is 2.32. The highest BCUT2D eigenvalue weighted by atomic mass is 19.4. The van der Waals surface area contributed by atoms with Gasteiger partial charge in [0.05, 0.1) is 5.56 Å². The van der Waals surface area contributed by atoms with Crippen molar-refractivity contribution in [3.05, 3.63) is 29.3 Å². The van der Waals surface area contributed by atoms with Crippen LogP contribution in [-0.4, -0.2) is 30.2 Å². The summed E-state index contributed by atoms with van der Waals surface area (Å²) in [7, 11) is 0.